The maximum Gasteiger partial charge on any atom is 0.228 e. The lowest BCUT2D eigenvalue weighted by molar-refractivity contribution is -0.141. The van der Waals surface area contributed by atoms with Crippen molar-refractivity contribution in [1.29, 1.82) is 0 Å². The van der Waals surface area contributed by atoms with Crippen LogP contribution in [0.25, 0.3) is 0 Å². The van der Waals surface area contributed by atoms with E-state index in [2.05, 4.69) is 37.9 Å². The number of likely N-dealkylation sites (tertiary alicyclic amines) is 1. The molecule has 0 bridgehead atoms. The molecule has 0 spiro atoms. The Kier molecular flexibility index (Phi) is 6.33. The van der Waals surface area contributed by atoms with Gasteiger partial charge < -0.3 is 10.2 Å². The highest BCUT2D eigenvalue weighted by atomic mass is 35.5. The molecule has 2 saturated heterocycles. The summed E-state index contributed by atoms with van der Waals surface area (Å²) in [5, 5.41) is 3.49. The number of rotatable bonds is 3. The fraction of sp³-hybridized carbons (Fsp3) is 0.938. The van der Waals surface area contributed by atoms with Crippen molar-refractivity contribution in [2.75, 3.05) is 26.2 Å². The topological polar surface area (TPSA) is 32.3 Å². The fourth-order valence-corrected chi connectivity index (χ4v) is 3.96. The van der Waals surface area contributed by atoms with Crippen molar-refractivity contribution >= 4 is 18.3 Å². The van der Waals surface area contributed by atoms with Crippen LogP contribution in [-0.2, 0) is 4.79 Å². The van der Waals surface area contributed by atoms with Gasteiger partial charge in [-0.15, -0.1) is 12.4 Å². The molecule has 1 N–H and O–H groups in total. The van der Waals surface area contributed by atoms with E-state index < -0.39 is 0 Å². The molecule has 2 fully saturated rings. The lowest BCUT2D eigenvalue weighted by Gasteiger charge is -2.32. The minimum atomic E-state index is -0.203. The highest BCUT2D eigenvalue weighted by molar-refractivity contribution is 5.85. The number of hydrogen-bond donors (Lipinski definition) is 1. The summed E-state index contributed by atoms with van der Waals surface area (Å²) in [4.78, 5) is 14.9. The smallest absolute Gasteiger partial charge is 0.228 e. The number of amides is 1. The van der Waals surface area contributed by atoms with Crippen LogP contribution in [0.4, 0.5) is 0 Å². The molecule has 0 aromatic heterocycles. The van der Waals surface area contributed by atoms with Crippen LogP contribution in [0.3, 0.4) is 0 Å². The number of fused-ring (bicyclic) bond motifs is 1. The van der Waals surface area contributed by atoms with Crippen LogP contribution in [0.15, 0.2) is 0 Å². The summed E-state index contributed by atoms with van der Waals surface area (Å²) in [7, 11) is 0. The molecule has 2 aliphatic heterocycles. The molecule has 118 valence electrons. The maximum absolute atomic E-state index is 12.7. The van der Waals surface area contributed by atoms with Crippen LogP contribution in [0.2, 0.25) is 0 Å². The molecule has 20 heavy (non-hydrogen) atoms. The second kappa shape index (κ2) is 7.13. The van der Waals surface area contributed by atoms with Gasteiger partial charge in [0.1, 0.15) is 0 Å². The summed E-state index contributed by atoms with van der Waals surface area (Å²) in [5.41, 5.74) is -0.203. The van der Waals surface area contributed by atoms with E-state index in [1.54, 1.807) is 0 Å². The minimum absolute atomic E-state index is 0. The van der Waals surface area contributed by atoms with E-state index in [1.165, 1.54) is 12.8 Å². The van der Waals surface area contributed by atoms with Gasteiger partial charge in [0.2, 0.25) is 5.91 Å². The standard InChI is InChI=1S/C16H30N2O.ClH/c1-12(2)9-16(3,4)15(19)18-7-5-13-10-17-11-14(13)6-8-18;/h12-14,17H,5-11H2,1-4H3;1H/t13-,14+;. The molecule has 0 aromatic rings. The van der Waals surface area contributed by atoms with Crippen LogP contribution in [0, 0.1) is 23.2 Å². The first-order valence-electron chi connectivity index (χ1n) is 7.90. The molecule has 4 heteroatoms. The third-order valence-corrected chi connectivity index (χ3v) is 4.80. The molecule has 1 amide bonds. The first kappa shape index (κ1) is 17.8. The number of hydrogen-bond acceptors (Lipinski definition) is 2. The fourth-order valence-electron chi connectivity index (χ4n) is 3.96. The van der Waals surface area contributed by atoms with Crippen LogP contribution in [0.5, 0.6) is 0 Å². The largest absolute Gasteiger partial charge is 0.342 e. The van der Waals surface area contributed by atoms with Crippen molar-refractivity contribution in [1.82, 2.24) is 10.2 Å². The molecule has 2 rings (SSSR count). The zero-order valence-electron chi connectivity index (χ0n) is 13.4. The Balaban J connectivity index is 0.00000200. The maximum atomic E-state index is 12.7. The zero-order valence-corrected chi connectivity index (χ0v) is 14.3. The van der Waals surface area contributed by atoms with E-state index in [9.17, 15) is 4.79 Å². The van der Waals surface area contributed by atoms with Crippen molar-refractivity contribution < 1.29 is 4.79 Å². The van der Waals surface area contributed by atoms with Gasteiger partial charge in [-0.25, -0.2) is 0 Å². The number of nitrogens with zero attached hydrogens (tertiary/aromatic N) is 1. The molecule has 0 aromatic carbocycles. The average Bonchev–Trinajstić information content (AvgIpc) is 2.66. The van der Waals surface area contributed by atoms with Crippen LogP contribution < -0.4 is 5.32 Å². The van der Waals surface area contributed by atoms with Crippen molar-refractivity contribution in [2.24, 2.45) is 23.2 Å². The molecule has 0 radical (unpaired) electrons. The van der Waals surface area contributed by atoms with E-state index in [0.29, 0.717) is 11.8 Å². The summed E-state index contributed by atoms with van der Waals surface area (Å²) in [6.45, 7) is 12.9. The number of carbonyl (C=O) groups excluding carboxylic acids is 1. The molecular weight excluding hydrogens is 272 g/mol. The molecule has 2 atom stereocenters. The number of halogens is 1. The van der Waals surface area contributed by atoms with Crippen LogP contribution in [0.1, 0.15) is 47.0 Å². The molecule has 2 aliphatic rings. The van der Waals surface area contributed by atoms with Crippen molar-refractivity contribution in [3.05, 3.63) is 0 Å². The van der Waals surface area contributed by atoms with E-state index >= 15 is 0 Å². The summed E-state index contributed by atoms with van der Waals surface area (Å²) in [6.07, 6.45) is 3.35. The predicted octanol–water partition coefficient (Wildman–Crippen LogP) is 2.94. The Morgan fingerprint density at radius 2 is 1.70 bits per heavy atom. The van der Waals surface area contributed by atoms with Crippen LogP contribution in [-0.4, -0.2) is 37.0 Å². The van der Waals surface area contributed by atoms with E-state index in [4.69, 9.17) is 0 Å². The van der Waals surface area contributed by atoms with Gasteiger partial charge in [0.05, 0.1) is 0 Å². The Hall–Kier alpha value is -0.280. The minimum Gasteiger partial charge on any atom is -0.342 e. The average molecular weight is 303 g/mol. The Morgan fingerprint density at radius 1 is 1.20 bits per heavy atom. The number of nitrogens with one attached hydrogen (secondary N) is 1. The van der Waals surface area contributed by atoms with Crippen molar-refractivity contribution in [2.45, 2.75) is 47.0 Å². The van der Waals surface area contributed by atoms with E-state index in [1.807, 2.05) is 0 Å². The van der Waals surface area contributed by atoms with E-state index in [-0.39, 0.29) is 17.8 Å². The second-order valence-electron chi connectivity index (χ2n) is 7.53. The van der Waals surface area contributed by atoms with E-state index in [0.717, 1.165) is 44.4 Å². The predicted molar refractivity (Wildman–Crippen MR) is 86.1 cm³/mol. The van der Waals surface area contributed by atoms with Crippen molar-refractivity contribution in [3.63, 3.8) is 0 Å². The van der Waals surface area contributed by atoms with Gasteiger partial charge in [-0.1, -0.05) is 27.7 Å². The van der Waals surface area contributed by atoms with Crippen molar-refractivity contribution in [3.8, 4) is 0 Å². The number of carbonyl (C=O) groups is 1. The van der Waals surface area contributed by atoms with Gasteiger partial charge in [0.25, 0.3) is 0 Å². The normalized spacial score (nSPS) is 26.9. The first-order valence-corrected chi connectivity index (χ1v) is 7.90. The molecule has 3 nitrogen and oxygen atoms in total. The SMILES string of the molecule is CC(C)CC(C)(C)C(=O)N1CC[C@@H]2CNC[C@@H]2CC1.Cl. The molecule has 0 saturated carbocycles. The Bertz CT molecular complexity index is 316. The van der Waals surface area contributed by atoms with Gasteiger partial charge in [-0.3, -0.25) is 4.79 Å². The first-order chi connectivity index (χ1) is 8.90. The molecule has 0 aliphatic carbocycles. The summed E-state index contributed by atoms with van der Waals surface area (Å²) < 4.78 is 0. The van der Waals surface area contributed by atoms with Crippen LogP contribution >= 0.6 is 12.4 Å². The van der Waals surface area contributed by atoms with Gasteiger partial charge >= 0.3 is 0 Å². The Morgan fingerprint density at radius 3 is 2.15 bits per heavy atom. The van der Waals surface area contributed by atoms with Gasteiger partial charge in [-0.05, 0) is 50.1 Å². The second-order valence-corrected chi connectivity index (χ2v) is 7.53. The third-order valence-electron chi connectivity index (χ3n) is 4.80. The lowest BCUT2D eigenvalue weighted by Crippen LogP contribution is -2.42. The third kappa shape index (κ3) is 4.11. The highest BCUT2D eigenvalue weighted by Gasteiger charge is 2.36. The molecule has 2 heterocycles. The highest BCUT2D eigenvalue weighted by Crippen LogP contribution is 2.32. The quantitative estimate of drug-likeness (QED) is 0.869. The van der Waals surface area contributed by atoms with Gasteiger partial charge in [-0.2, -0.15) is 0 Å². The summed E-state index contributed by atoms with van der Waals surface area (Å²) >= 11 is 0. The summed E-state index contributed by atoms with van der Waals surface area (Å²) in [5.74, 6) is 2.54. The van der Waals surface area contributed by atoms with Gasteiger partial charge in [0.15, 0.2) is 0 Å². The summed E-state index contributed by atoms with van der Waals surface area (Å²) in [6, 6.07) is 0. The molecule has 0 unspecified atom stereocenters. The van der Waals surface area contributed by atoms with Gasteiger partial charge in [0, 0.05) is 18.5 Å². The Labute approximate surface area is 130 Å². The molecular formula is C16H31ClN2O. The zero-order chi connectivity index (χ0) is 14.0. The monoisotopic (exact) mass is 302 g/mol. The lowest BCUT2D eigenvalue weighted by atomic mass is 9.82.